The quantitative estimate of drug-likeness (QED) is 0.252. The number of amides is 1. The molecule has 9 nitrogen and oxygen atoms in total. The first-order valence-electron chi connectivity index (χ1n) is 10.1. The molecular weight excluding hydrogens is 460 g/mol. The molecule has 1 N–H and O–H groups in total. The average Bonchev–Trinajstić information content (AvgIpc) is 3.28. The molecule has 0 aliphatic carbocycles. The fraction of sp³-hybridized carbons (Fsp3) is 0.0833. The number of nitro groups is 1. The van der Waals surface area contributed by atoms with Crippen molar-refractivity contribution in [3.63, 3.8) is 0 Å². The number of nitro benzene ring substituents is 1. The summed E-state index contributed by atoms with van der Waals surface area (Å²) < 4.78 is 12.8. The van der Waals surface area contributed by atoms with Crippen molar-refractivity contribution in [2.24, 2.45) is 0 Å². The summed E-state index contributed by atoms with van der Waals surface area (Å²) in [6.07, 6.45) is 1.59. The smallest absolute Gasteiger partial charge is 0.276 e. The molecule has 172 valence electrons. The van der Waals surface area contributed by atoms with E-state index in [1.54, 1.807) is 42.6 Å². The Morgan fingerprint density at radius 3 is 2.59 bits per heavy atom. The zero-order valence-corrected chi connectivity index (χ0v) is 18.7. The number of hydrogen-bond acceptors (Lipinski definition) is 6. The Kier molecular flexibility index (Phi) is 6.74. The molecule has 0 aliphatic rings. The van der Waals surface area contributed by atoms with Gasteiger partial charge in [0.15, 0.2) is 12.4 Å². The predicted octanol–water partition coefficient (Wildman–Crippen LogP) is 5.83. The minimum atomic E-state index is -0.554. The van der Waals surface area contributed by atoms with Crippen LogP contribution in [0.15, 0.2) is 79.0 Å². The zero-order chi connectivity index (χ0) is 24.1. The molecule has 0 saturated carbocycles. The second-order valence-electron chi connectivity index (χ2n) is 7.31. The lowest BCUT2D eigenvalue weighted by atomic mass is 10.2. The van der Waals surface area contributed by atoms with Gasteiger partial charge in [-0.1, -0.05) is 23.7 Å². The molecule has 0 saturated heterocycles. The van der Waals surface area contributed by atoms with Crippen LogP contribution in [0.1, 0.15) is 16.1 Å². The normalized spacial score (nSPS) is 10.5. The van der Waals surface area contributed by atoms with E-state index in [-0.39, 0.29) is 29.5 Å². The van der Waals surface area contributed by atoms with Gasteiger partial charge in [0, 0.05) is 23.4 Å². The summed E-state index contributed by atoms with van der Waals surface area (Å²) in [5, 5.41) is 18.8. The maximum Gasteiger partial charge on any atom is 0.276 e. The minimum absolute atomic E-state index is 0.0835. The van der Waals surface area contributed by atoms with Crippen LogP contribution >= 0.6 is 11.6 Å². The van der Waals surface area contributed by atoms with Crippen LogP contribution in [-0.4, -0.2) is 20.6 Å². The third-order valence-corrected chi connectivity index (χ3v) is 4.89. The van der Waals surface area contributed by atoms with Crippen molar-refractivity contribution in [2.75, 3.05) is 5.32 Å². The van der Waals surface area contributed by atoms with E-state index in [1.807, 2.05) is 19.1 Å². The Hall–Kier alpha value is -4.37. The molecule has 0 radical (unpaired) electrons. The lowest BCUT2D eigenvalue weighted by Crippen LogP contribution is -2.14. The lowest BCUT2D eigenvalue weighted by molar-refractivity contribution is -0.384. The van der Waals surface area contributed by atoms with Gasteiger partial charge in [0.2, 0.25) is 0 Å². The second-order valence-corrected chi connectivity index (χ2v) is 7.75. The first-order chi connectivity index (χ1) is 16.4. The van der Waals surface area contributed by atoms with Crippen molar-refractivity contribution >= 4 is 28.9 Å². The van der Waals surface area contributed by atoms with Crippen molar-refractivity contribution in [2.45, 2.75) is 13.7 Å². The zero-order valence-electron chi connectivity index (χ0n) is 18.0. The fourth-order valence-corrected chi connectivity index (χ4v) is 3.18. The summed E-state index contributed by atoms with van der Waals surface area (Å²) in [6, 6.07) is 19.7. The topological polar surface area (TPSA) is 109 Å². The Morgan fingerprint density at radius 1 is 1.06 bits per heavy atom. The number of hydrogen-bond donors (Lipinski definition) is 1. The second kappa shape index (κ2) is 10.1. The molecule has 34 heavy (non-hydrogen) atoms. The number of anilines is 1. The highest BCUT2D eigenvalue weighted by atomic mass is 35.5. The van der Waals surface area contributed by atoms with Gasteiger partial charge in [0.1, 0.15) is 17.2 Å². The Labute approximate surface area is 199 Å². The van der Waals surface area contributed by atoms with E-state index < -0.39 is 10.8 Å². The number of aromatic nitrogens is 2. The molecule has 3 aromatic carbocycles. The van der Waals surface area contributed by atoms with Crippen LogP contribution in [0.3, 0.4) is 0 Å². The monoisotopic (exact) mass is 478 g/mol. The van der Waals surface area contributed by atoms with Gasteiger partial charge in [-0.05, 0) is 55.0 Å². The number of nitrogens with zero attached hydrogens (tertiary/aromatic N) is 3. The number of rotatable bonds is 8. The molecule has 0 aliphatic heterocycles. The highest BCUT2D eigenvalue weighted by Crippen LogP contribution is 2.30. The summed E-state index contributed by atoms with van der Waals surface area (Å²) >= 11 is 5.85. The summed E-state index contributed by atoms with van der Waals surface area (Å²) in [7, 11) is 0. The van der Waals surface area contributed by atoms with E-state index >= 15 is 0 Å². The molecule has 4 aromatic rings. The molecular formula is C24H19ClN4O5. The number of carbonyl (C=O) groups excluding carboxylic acids is 1. The fourth-order valence-electron chi connectivity index (χ4n) is 3.06. The van der Waals surface area contributed by atoms with Gasteiger partial charge in [-0.15, -0.1) is 0 Å². The van der Waals surface area contributed by atoms with Crippen LogP contribution in [0.25, 0.3) is 0 Å². The van der Waals surface area contributed by atoms with Crippen LogP contribution in [0.4, 0.5) is 11.4 Å². The molecule has 0 spiro atoms. The van der Waals surface area contributed by atoms with Gasteiger partial charge < -0.3 is 14.8 Å². The van der Waals surface area contributed by atoms with E-state index in [0.29, 0.717) is 16.5 Å². The largest absolute Gasteiger partial charge is 0.471 e. The van der Waals surface area contributed by atoms with Gasteiger partial charge in [-0.2, -0.15) is 5.10 Å². The Balaban J connectivity index is 1.46. The van der Waals surface area contributed by atoms with Crippen molar-refractivity contribution < 1.29 is 19.2 Å². The number of halogens is 1. The van der Waals surface area contributed by atoms with Gasteiger partial charge >= 0.3 is 0 Å². The van der Waals surface area contributed by atoms with Crippen LogP contribution in [0.5, 0.6) is 17.2 Å². The van der Waals surface area contributed by atoms with Crippen LogP contribution in [0.2, 0.25) is 5.02 Å². The van der Waals surface area contributed by atoms with E-state index in [2.05, 4.69) is 10.4 Å². The number of non-ortho nitro benzene ring substituents is 1. The Morgan fingerprint density at radius 2 is 1.85 bits per heavy atom. The molecule has 0 atom stereocenters. The lowest BCUT2D eigenvalue weighted by Gasteiger charge is -2.09. The molecule has 0 bridgehead atoms. The molecule has 1 aromatic heterocycles. The van der Waals surface area contributed by atoms with Crippen LogP contribution in [0, 0.1) is 17.0 Å². The molecule has 10 heteroatoms. The molecule has 1 heterocycles. The SMILES string of the molecule is Cc1cccc(Oc2cc(NC(=O)c3ccn(COc4ccc(Cl)cc4)n3)cc([N+](=O)[O-])c2)c1. The molecule has 1 amide bonds. The molecule has 4 rings (SSSR count). The van der Waals surface area contributed by atoms with E-state index in [0.717, 1.165) is 5.56 Å². The van der Waals surface area contributed by atoms with Gasteiger partial charge in [0.25, 0.3) is 11.6 Å². The number of ether oxygens (including phenoxy) is 2. The molecule has 0 fully saturated rings. The summed E-state index contributed by atoms with van der Waals surface area (Å²) in [5.41, 5.74) is 1.08. The summed E-state index contributed by atoms with van der Waals surface area (Å²) in [6.45, 7) is 1.99. The Bertz CT molecular complexity index is 1340. The number of carbonyl (C=O) groups is 1. The average molecular weight is 479 g/mol. The van der Waals surface area contributed by atoms with Crippen LogP contribution in [-0.2, 0) is 6.73 Å². The van der Waals surface area contributed by atoms with E-state index in [4.69, 9.17) is 21.1 Å². The highest BCUT2D eigenvalue weighted by molar-refractivity contribution is 6.30. The first kappa shape index (κ1) is 22.8. The maximum absolute atomic E-state index is 12.7. The third kappa shape index (κ3) is 5.90. The first-order valence-corrected chi connectivity index (χ1v) is 10.5. The maximum atomic E-state index is 12.7. The van der Waals surface area contributed by atoms with Crippen LogP contribution < -0.4 is 14.8 Å². The van der Waals surface area contributed by atoms with Crippen molar-refractivity contribution in [3.05, 3.63) is 105 Å². The number of benzene rings is 3. The standard InChI is InChI=1S/C24H19ClN4O5/c1-16-3-2-4-21(11-16)34-22-13-18(12-19(14-22)29(31)32)26-24(30)23-9-10-28(27-23)15-33-20-7-5-17(25)6-8-20/h2-14H,15H2,1H3,(H,26,30). The minimum Gasteiger partial charge on any atom is -0.471 e. The summed E-state index contributed by atoms with van der Waals surface area (Å²) in [4.78, 5) is 23.5. The van der Waals surface area contributed by atoms with Crippen molar-refractivity contribution in [1.29, 1.82) is 0 Å². The van der Waals surface area contributed by atoms with Crippen molar-refractivity contribution in [1.82, 2.24) is 9.78 Å². The van der Waals surface area contributed by atoms with E-state index in [1.165, 1.54) is 28.9 Å². The van der Waals surface area contributed by atoms with Gasteiger partial charge in [-0.25, -0.2) is 4.68 Å². The van der Waals surface area contributed by atoms with Crippen molar-refractivity contribution in [3.8, 4) is 17.2 Å². The number of aryl methyl sites for hydroxylation is 1. The highest BCUT2D eigenvalue weighted by Gasteiger charge is 2.15. The van der Waals surface area contributed by atoms with Gasteiger partial charge in [-0.3, -0.25) is 14.9 Å². The predicted molar refractivity (Wildman–Crippen MR) is 127 cm³/mol. The molecule has 0 unspecified atom stereocenters. The third-order valence-electron chi connectivity index (χ3n) is 4.64. The number of nitrogens with one attached hydrogen (secondary N) is 1. The van der Waals surface area contributed by atoms with Gasteiger partial charge in [0.05, 0.1) is 16.7 Å². The summed E-state index contributed by atoms with van der Waals surface area (Å²) in [5.74, 6) is 0.810. The van der Waals surface area contributed by atoms with E-state index in [9.17, 15) is 14.9 Å².